The quantitative estimate of drug-likeness (QED) is 0.216. The van der Waals surface area contributed by atoms with Crippen molar-refractivity contribution < 1.29 is 30.5 Å². The molecule has 8 nitrogen and oxygen atoms in total. The summed E-state index contributed by atoms with van der Waals surface area (Å²) in [6, 6.07) is 19.9. The van der Waals surface area contributed by atoms with Crippen LogP contribution < -0.4 is 9.47 Å². The molecule has 0 N–H and O–H groups in total. The first kappa shape index (κ1) is 26.1. The van der Waals surface area contributed by atoms with E-state index in [9.17, 15) is 25.9 Å². The summed E-state index contributed by atoms with van der Waals surface area (Å²) in [6.07, 6.45) is 2.39. The van der Waals surface area contributed by atoms with Gasteiger partial charge in [-0.15, -0.1) is 0 Å². The van der Waals surface area contributed by atoms with Gasteiger partial charge in [0.2, 0.25) is 5.52 Å². The van der Waals surface area contributed by atoms with Gasteiger partial charge in [0.1, 0.15) is 4.70 Å². The van der Waals surface area contributed by atoms with Crippen LogP contribution in [0.25, 0.3) is 27.1 Å². The average molecular weight is 576 g/mol. The maximum absolute atomic E-state index is 11.3. The Hall–Kier alpha value is -2.48. The minimum absolute atomic E-state index is 0.181. The highest BCUT2D eigenvalue weighted by atomic mass is 32.2. The fraction of sp³-hybridized carbons (Fsp3) is 0.240. The summed E-state index contributed by atoms with van der Waals surface area (Å²) < 4.78 is 70.5. The third-order valence-electron chi connectivity index (χ3n) is 6.05. The molecule has 0 bridgehead atoms. The number of benzene rings is 3. The molecule has 5 rings (SSSR count). The number of thiazole rings is 1. The van der Waals surface area contributed by atoms with Crippen molar-refractivity contribution in [2.45, 2.75) is 24.3 Å². The zero-order valence-corrected chi connectivity index (χ0v) is 22.8. The molecule has 3 aromatic carbocycles. The molecule has 0 fully saturated rings. The van der Waals surface area contributed by atoms with Gasteiger partial charge in [0.05, 0.1) is 42.4 Å². The van der Waals surface area contributed by atoms with Gasteiger partial charge < -0.3 is 14.0 Å². The third kappa shape index (κ3) is 6.00. The monoisotopic (exact) mass is 575 g/mol. The Labute approximate surface area is 223 Å². The summed E-state index contributed by atoms with van der Waals surface area (Å²) in [4.78, 5) is 3.04. The van der Waals surface area contributed by atoms with Gasteiger partial charge in [-0.25, -0.2) is 16.8 Å². The molecular weight excluding hydrogens is 553 g/mol. The summed E-state index contributed by atoms with van der Waals surface area (Å²) in [7, 11) is -8.65. The lowest BCUT2D eigenvalue weighted by Crippen LogP contribution is -2.36. The van der Waals surface area contributed by atoms with Crippen LogP contribution in [-0.4, -0.2) is 44.0 Å². The van der Waals surface area contributed by atoms with E-state index in [1.807, 2.05) is 71.6 Å². The molecule has 1 aliphatic rings. The molecule has 2 heterocycles. The summed E-state index contributed by atoms with van der Waals surface area (Å²) in [5.41, 5.74) is 1.92. The van der Waals surface area contributed by atoms with Crippen LogP contribution in [0.4, 0.5) is 5.69 Å². The van der Waals surface area contributed by atoms with Crippen LogP contribution in [0.5, 0.6) is 0 Å². The molecule has 37 heavy (non-hydrogen) atoms. The van der Waals surface area contributed by atoms with E-state index in [1.165, 1.54) is 0 Å². The van der Waals surface area contributed by atoms with Crippen LogP contribution in [-0.2, 0) is 26.8 Å². The van der Waals surface area contributed by atoms with Crippen molar-refractivity contribution in [1.82, 2.24) is 0 Å². The first-order valence-electron chi connectivity index (χ1n) is 11.6. The van der Waals surface area contributed by atoms with Gasteiger partial charge in [-0.3, -0.25) is 0 Å². The van der Waals surface area contributed by atoms with Gasteiger partial charge in [-0.05, 0) is 36.1 Å². The van der Waals surface area contributed by atoms with E-state index in [-0.39, 0.29) is 12.8 Å². The normalized spacial score (nSPS) is 15.2. The second-order valence-electron chi connectivity index (χ2n) is 8.66. The van der Waals surface area contributed by atoms with E-state index in [0.29, 0.717) is 13.1 Å². The molecule has 0 radical (unpaired) electrons. The Morgan fingerprint density at radius 2 is 1.57 bits per heavy atom. The van der Waals surface area contributed by atoms with Gasteiger partial charge in [0, 0.05) is 29.4 Å². The summed E-state index contributed by atoms with van der Waals surface area (Å²) in [5, 5.41) is 3.85. The van der Waals surface area contributed by atoms with Crippen LogP contribution in [0.2, 0.25) is 0 Å². The Balaban J connectivity index is 1.59. The highest BCUT2D eigenvalue weighted by Crippen LogP contribution is 2.46. The molecular formula is C25H23N2O6S4-. The highest BCUT2D eigenvalue weighted by molar-refractivity contribution is 8.03. The fourth-order valence-corrected chi connectivity index (χ4v) is 7.81. The van der Waals surface area contributed by atoms with Crippen LogP contribution >= 0.6 is 23.1 Å². The Morgan fingerprint density at radius 1 is 0.865 bits per heavy atom. The average Bonchev–Trinajstić information content (AvgIpc) is 3.36. The van der Waals surface area contributed by atoms with E-state index < -0.39 is 31.7 Å². The van der Waals surface area contributed by atoms with Crippen molar-refractivity contribution >= 4 is 76.1 Å². The van der Waals surface area contributed by atoms with Crippen LogP contribution in [0.3, 0.4) is 0 Å². The number of thioether (sulfide) groups is 1. The predicted molar refractivity (Wildman–Crippen MR) is 146 cm³/mol. The van der Waals surface area contributed by atoms with Crippen molar-refractivity contribution in [2.75, 3.05) is 23.0 Å². The molecule has 0 atom stereocenters. The van der Waals surface area contributed by atoms with Gasteiger partial charge in [0.25, 0.3) is 5.01 Å². The number of anilines is 1. The number of rotatable bonds is 9. The van der Waals surface area contributed by atoms with E-state index in [4.69, 9.17) is 0 Å². The number of aromatic nitrogens is 1. The Kier molecular flexibility index (Phi) is 7.31. The zero-order valence-electron chi connectivity index (χ0n) is 19.6. The van der Waals surface area contributed by atoms with E-state index >= 15 is 0 Å². The number of hydrogen-bond donors (Lipinski definition) is 0. The SMILES string of the molecule is O=S(=O)([O-])CCCN1C(=Cc2sc3ccc4ccccc4c3[n+]2CCCS(=O)(=O)[O-])Sc2ccccc21. The summed E-state index contributed by atoms with van der Waals surface area (Å²) in [5.74, 6) is -0.893. The molecule has 1 aliphatic heterocycles. The fourth-order valence-electron chi connectivity index (χ4n) is 4.50. The maximum Gasteiger partial charge on any atom is 0.265 e. The zero-order chi connectivity index (χ0) is 26.2. The number of aryl methyl sites for hydroxylation is 1. The number of nitrogens with zero attached hydrogens (tertiary/aromatic N) is 2. The smallest absolute Gasteiger partial charge is 0.265 e. The van der Waals surface area contributed by atoms with Crippen molar-refractivity contribution in [3.63, 3.8) is 0 Å². The molecule has 0 saturated carbocycles. The molecule has 1 aromatic heterocycles. The molecule has 194 valence electrons. The second kappa shape index (κ2) is 10.4. The van der Waals surface area contributed by atoms with E-state index in [0.717, 1.165) is 41.6 Å². The number of fused-ring (bicyclic) bond motifs is 4. The van der Waals surface area contributed by atoms with Gasteiger partial charge in [0.15, 0.2) is 6.54 Å². The highest BCUT2D eigenvalue weighted by Gasteiger charge is 2.28. The van der Waals surface area contributed by atoms with Gasteiger partial charge in [-0.1, -0.05) is 59.5 Å². The summed E-state index contributed by atoms with van der Waals surface area (Å²) in [6.45, 7) is 0.709. The largest absolute Gasteiger partial charge is 0.748 e. The first-order valence-corrected chi connectivity index (χ1v) is 16.4. The Bertz CT molecular complexity index is 1730. The van der Waals surface area contributed by atoms with Gasteiger partial charge in [-0.2, -0.15) is 4.57 Å². The molecule has 12 heteroatoms. The molecule has 4 aromatic rings. The molecule has 0 saturated heterocycles. The lowest BCUT2D eigenvalue weighted by atomic mass is 10.1. The third-order valence-corrected chi connectivity index (χ3v) is 9.84. The second-order valence-corrected chi connectivity index (χ2v) is 13.8. The van der Waals surface area contributed by atoms with Crippen LogP contribution in [0, 0.1) is 0 Å². The number of hydrogen-bond acceptors (Lipinski definition) is 9. The number of para-hydroxylation sites is 1. The topological polar surface area (TPSA) is 122 Å². The molecule has 0 aliphatic carbocycles. The van der Waals surface area contributed by atoms with Crippen molar-refractivity contribution in [2.24, 2.45) is 0 Å². The summed E-state index contributed by atoms with van der Waals surface area (Å²) >= 11 is 3.12. The lowest BCUT2D eigenvalue weighted by molar-refractivity contribution is -0.667. The van der Waals surface area contributed by atoms with E-state index in [2.05, 4.69) is 4.57 Å². The first-order chi connectivity index (χ1) is 17.6. The minimum Gasteiger partial charge on any atom is -0.748 e. The van der Waals surface area contributed by atoms with Crippen molar-refractivity contribution in [3.8, 4) is 0 Å². The van der Waals surface area contributed by atoms with Crippen molar-refractivity contribution in [3.05, 3.63) is 70.7 Å². The standard InChI is InChI=1S/C25H24N2O6S4/c28-36(29,30)15-5-13-26-20-9-3-4-10-21(20)34-23(26)17-24-27(14-6-16-37(31,32)33)25-19-8-2-1-7-18(19)11-12-22(25)35-24/h1-4,7-12,17H,5-6,13-16H2,(H-,28,29,30,31,32,33)/p-1. The van der Waals surface area contributed by atoms with Gasteiger partial charge >= 0.3 is 0 Å². The molecule has 0 unspecified atom stereocenters. The predicted octanol–water partition coefficient (Wildman–Crippen LogP) is 4.12. The lowest BCUT2D eigenvalue weighted by Gasteiger charge is -2.20. The van der Waals surface area contributed by atoms with Crippen LogP contribution in [0.15, 0.2) is 70.6 Å². The van der Waals surface area contributed by atoms with E-state index in [1.54, 1.807) is 23.1 Å². The minimum atomic E-state index is -4.34. The maximum atomic E-state index is 11.3. The van der Waals surface area contributed by atoms with Crippen molar-refractivity contribution in [1.29, 1.82) is 0 Å². The molecule has 0 amide bonds. The Morgan fingerprint density at radius 3 is 2.35 bits per heavy atom. The molecule has 0 spiro atoms. The van der Waals surface area contributed by atoms with Crippen LogP contribution in [0.1, 0.15) is 17.8 Å².